The van der Waals surface area contributed by atoms with Gasteiger partial charge in [-0.05, 0) is 68.0 Å². The number of hydrogen-bond acceptors (Lipinski definition) is 5. The number of carbonyl (C=O) groups excluding carboxylic acids is 1. The molecule has 32 heavy (non-hydrogen) atoms. The lowest BCUT2D eigenvalue weighted by Gasteiger charge is -2.20. The number of amides is 1. The molecule has 0 fully saturated rings. The average Bonchev–Trinajstić information content (AvgIpc) is 3.35. The second kappa shape index (κ2) is 9.46. The van der Waals surface area contributed by atoms with Gasteiger partial charge in [-0.2, -0.15) is 5.10 Å². The van der Waals surface area contributed by atoms with E-state index in [-0.39, 0.29) is 5.91 Å². The number of para-hydroxylation sites is 1. The summed E-state index contributed by atoms with van der Waals surface area (Å²) in [5.74, 6) is 0.330. The Kier molecular flexibility index (Phi) is 6.67. The van der Waals surface area contributed by atoms with Crippen LogP contribution in [0.15, 0.2) is 53.4 Å². The monoisotopic (exact) mass is 464 g/mol. The van der Waals surface area contributed by atoms with Crippen LogP contribution < -0.4 is 4.90 Å². The number of hydrogen-bond donors (Lipinski definition) is 0. The Balaban J connectivity index is 1.72. The molecule has 0 aliphatic heterocycles. The molecule has 0 unspecified atom stereocenters. The third-order valence-electron chi connectivity index (χ3n) is 5.51. The first-order valence-corrected chi connectivity index (χ1v) is 12.8. The molecule has 4 rings (SSSR count). The Morgan fingerprint density at radius 3 is 2.53 bits per heavy atom. The lowest BCUT2D eigenvalue weighted by molar-refractivity contribution is 0.0985. The number of rotatable bonds is 7. The van der Waals surface area contributed by atoms with Crippen LogP contribution in [0.3, 0.4) is 0 Å². The van der Waals surface area contributed by atoms with Crippen molar-refractivity contribution in [1.29, 1.82) is 0 Å². The topological polar surface area (TPSA) is 51.0 Å². The van der Waals surface area contributed by atoms with Crippen molar-refractivity contribution in [2.75, 3.05) is 17.7 Å². The van der Waals surface area contributed by atoms with Gasteiger partial charge in [0.05, 0.1) is 22.5 Å². The molecule has 166 valence electrons. The molecule has 0 atom stereocenters. The summed E-state index contributed by atoms with van der Waals surface area (Å²) in [6.45, 7) is 9.49. The van der Waals surface area contributed by atoms with E-state index >= 15 is 0 Å². The fraction of sp³-hybridized carbons (Fsp3) is 0.320. The summed E-state index contributed by atoms with van der Waals surface area (Å²) >= 11 is 3.24. The molecule has 0 aliphatic carbocycles. The molecule has 0 saturated carbocycles. The minimum Gasteiger partial charge on any atom is -0.282 e. The molecule has 2 aromatic carbocycles. The predicted octanol–water partition coefficient (Wildman–Crippen LogP) is 6.30. The molecule has 0 spiro atoms. The van der Waals surface area contributed by atoms with E-state index in [1.165, 1.54) is 5.56 Å². The van der Waals surface area contributed by atoms with Gasteiger partial charge in [0, 0.05) is 22.7 Å². The van der Waals surface area contributed by atoms with Gasteiger partial charge in [0.2, 0.25) is 0 Å². The molecular weight excluding hydrogens is 436 g/mol. The van der Waals surface area contributed by atoms with Gasteiger partial charge >= 0.3 is 0 Å². The van der Waals surface area contributed by atoms with Crippen molar-refractivity contribution in [2.45, 2.75) is 45.1 Å². The van der Waals surface area contributed by atoms with Gasteiger partial charge in [0.25, 0.3) is 5.91 Å². The number of fused-ring (bicyclic) bond motifs is 1. The Morgan fingerprint density at radius 2 is 1.91 bits per heavy atom. The van der Waals surface area contributed by atoms with Crippen molar-refractivity contribution in [3.63, 3.8) is 0 Å². The maximum Gasteiger partial charge on any atom is 0.260 e. The van der Waals surface area contributed by atoms with Crippen LogP contribution >= 0.6 is 23.1 Å². The third kappa shape index (κ3) is 4.59. The molecule has 5 nitrogen and oxygen atoms in total. The summed E-state index contributed by atoms with van der Waals surface area (Å²) in [5.41, 5.74) is 4.93. The third-order valence-corrected chi connectivity index (χ3v) is 7.30. The molecule has 7 heteroatoms. The zero-order valence-corrected chi connectivity index (χ0v) is 20.8. The van der Waals surface area contributed by atoms with Crippen molar-refractivity contribution in [1.82, 2.24) is 14.8 Å². The molecule has 0 aliphatic rings. The van der Waals surface area contributed by atoms with Crippen molar-refractivity contribution < 1.29 is 4.79 Å². The summed E-state index contributed by atoms with van der Waals surface area (Å²) in [5, 5.41) is 5.30. The van der Waals surface area contributed by atoms with Crippen molar-refractivity contribution in [2.24, 2.45) is 0 Å². The molecule has 0 radical (unpaired) electrons. The Hall–Kier alpha value is -2.64. The van der Waals surface area contributed by atoms with Crippen molar-refractivity contribution in [3.8, 4) is 0 Å². The van der Waals surface area contributed by atoms with Crippen LogP contribution in [0.4, 0.5) is 5.13 Å². The Bertz CT molecular complexity index is 1240. The number of thioether (sulfide) groups is 1. The van der Waals surface area contributed by atoms with E-state index in [1.54, 1.807) is 28.0 Å². The molecule has 1 amide bonds. The highest BCUT2D eigenvalue weighted by Gasteiger charge is 2.23. The first-order chi connectivity index (χ1) is 15.4. The van der Waals surface area contributed by atoms with Gasteiger partial charge in [-0.15, -0.1) is 11.8 Å². The fourth-order valence-corrected chi connectivity index (χ4v) is 5.24. The molecule has 0 N–H and O–H groups in total. The summed E-state index contributed by atoms with van der Waals surface area (Å²) in [6.07, 6.45) is 2.03. The van der Waals surface area contributed by atoms with Crippen LogP contribution in [0.1, 0.15) is 47.1 Å². The summed E-state index contributed by atoms with van der Waals surface area (Å²) < 4.78 is 3.06. The van der Waals surface area contributed by atoms with Crippen LogP contribution in [0.2, 0.25) is 0 Å². The summed E-state index contributed by atoms with van der Waals surface area (Å²) in [4.78, 5) is 21.5. The van der Waals surface area contributed by atoms with Gasteiger partial charge in [-0.1, -0.05) is 37.3 Å². The van der Waals surface area contributed by atoms with Gasteiger partial charge < -0.3 is 0 Å². The predicted molar refractivity (Wildman–Crippen MR) is 135 cm³/mol. The standard InChI is InChI=1S/C25H28N4OS2/c1-16(2)21-7-6-8-22-23(21)26-25(32-22)28(13-14-29-18(4)15-17(3)27-29)24(30)19-9-11-20(31-5)12-10-19/h6-12,15-16H,13-14H2,1-5H3. The fourth-order valence-electron chi connectivity index (χ4n) is 3.81. The molecule has 2 aromatic heterocycles. The maximum atomic E-state index is 13.6. The minimum atomic E-state index is -0.0377. The van der Waals surface area contributed by atoms with Crippen LogP contribution in [-0.4, -0.2) is 33.5 Å². The van der Waals surface area contributed by atoms with Crippen LogP contribution in [-0.2, 0) is 6.54 Å². The van der Waals surface area contributed by atoms with E-state index in [1.807, 2.05) is 49.1 Å². The van der Waals surface area contributed by atoms with Gasteiger partial charge in [0.15, 0.2) is 5.13 Å². The smallest absolute Gasteiger partial charge is 0.260 e. The second-order valence-corrected chi connectivity index (χ2v) is 10.1. The Morgan fingerprint density at radius 1 is 1.16 bits per heavy atom. The minimum absolute atomic E-state index is 0.0377. The van der Waals surface area contributed by atoms with E-state index in [4.69, 9.17) is 4.98 Å². The normalized spacial score (nSPS) is 11.4. The van der Waals surface area contributed by atoms with Gasteiger partial charge in [0.1, 0.15) is 0 Å². The van der Waals surface area contributed by atoms with Crippen LogP contribution in [0.25, 0.3) is 10.2 Å². The van der Waals surface area contributed by atoms with E-state index in [2.05, 4.69) is 43.2 Å². The largest absolute Gasteiger partial charge is 0.282 e. The first kappa shape index (κ1) is 22.6. The molecule has 0 bridgehead atoms. The lowest BCUT2D eigenvalue weighted by Crippen LogP contribution is -2.34. The summed E-state index contributed by atoms with van der Waals surface area (Å²) in [6, 6.07) is 16.1. The second-order valence-electron chi connectivity index (χ2n) is 8.18. The van der Waals surface area contributed by atoms with E-state index < -0.39 is 0 Å². The zero-order valence-electron chi connectivity index (χ0n) is 19.1. The zero-order chi connectivity index (χ0) is 22.8. The van der Waals surface area contributed by atoms with Gasteiger partial charge in [-0.3, -0.25) is 14.4 Å². The number of thiazole rings is 1. The lowest BCUT2D eigenvalue weighted by atomic mass is 10.0. The van der Waals surface area contributed by atoms with Crippen LogP contribution in [0, 0.1) is 13.8 Å². The number of benzene rings is 2. The number of nitrogens with zero attached hydrogens (tertiary/aromatic N) is 4. The number of aryl methyl sites for hydroxylation is 2. The number of carbonyl (C=O) groups is 1. The molecule has 4 aromatic rings. The first-order valence-electron chi connectivity index (χ1n) is 10.7. The highest BCUT2D eigenvalue weighted by Crippen LogP contribution is 2.34. The van der Waals surface area contributed by atoms with E-state index in [0.717, 1.165) is 31.6 Å². The van der Waals surface area contributed by atoms with Crippen molar-refractivity contribution in [3.05, 3.63) is 71.0 Å². The number of anilines is 1. The summed E-state index contributed by atoms with van der Waals surface area (Å²) in [7, 11) is 0. The highest BCUT2D eigenvalue weighted by molar-refractivity contribution is 7.98. The van der Waals surface area contributed by atoms with Crippen molar-refractivity contribution >= 4 is 44.4 Å². The quantitative estimate of drug-likeness (QED) is 0.301. The molecule has 2 heterocycles. The molecular formula is C25H28N4OS2. The SMILES string of the molecule is CSc1ccc(C(=O)N(CCn2nc(C)cc2C)c2nc3c(C(C)C)cccc3s2)cc1. The Labute approximate surface area is 197 Å². The van der Waals surface area contributed by atoms with Gasteiger partial charge in [-0.25, -0.2) is 4.98 Å². The maximum absolute atomic E-state index is 13.6. The van der Waals surface area contributed by atoms with E-state index in [9.17, 15) is 4.79 Å². The number of aromatic nitrogens is 3. The average molecular weight is 465 g/mol. The van der Waals surface area contributed by atoms with Crippen LogP contribution in [0.5, 0.6) is 0 Å². The highest BCUT2D eigenvalue weighted by atomic mass is 32.2. The van der Waals surface area contributed by atoms with E-state index in [0.29, 0.717) is 24.6 Å². The molecule has 0 saturated heterocycles.